The van der Waals surface area contributed by atoms with Gasteiger partial charge in [-0.3, -0.25) is 4.40 Å². The number of aromatic nitrogens is 4. The van der Waals surface area contributed by atoms with Crippen molar-refractivity contribution in [3.63, 3.8) is 0 Å². The Hall–Kier alpha value is -3.14. The second-order valence-corrected chi connectivity index (χ2v) is 10.0. The highest BCUT2D eigenvalue weighted by molar-refractivity contribution is 5.84. The molecule has 0 aliphatic carbocycles. The Morgan fingerprint density at radius 2 is 1.83 bits per heavy atom. The van der Waals surface area contributed by atoms with Crippen LogP contribution in [0, 0.1) is 18.8 Å². The van der Waals surface area contributed by atoms with Crippen molar-refractivity contribution in [1.29, 1.82) is 0 Å². The molecule has 0 aliphatic heterocycles. The molecular formula is C26H41N7O3. The van der Waals surface area contributed by atoms with Crippen LogP contribution >= 0.6 is 0 Å². The Morgan fingerprint density at radius 3 is 2.53 bits per heavy atom. The maximum Gasteiger partial charge on any atom is 0.407 e. The molecule has 0 fully saturated rings. The number of benzene rings is 1. The van der Waals surface area contributed by atoms with Gasteiger partial charge in [0.15, 0.2) is 5.82 Å². The van der Waals surface area contributed by atoms with Crippen LogP contribution in [0.25, 0.3) is 16.7 Å². The van der Waals surface area contributed by atoms with Crippen molar-refractivity contribution in [2.45, 2.75) is 66.5 Å². The molecular weight excluding hydrogens is 458 g/mol. The zero-order valence-electron chi connectivity index (χ0n) is 22.6. The van der Waals surface area contributed by atoms with E-state index in [9.17, 15) is 4.79 Å². The van der Waals surface area contributed by atoms with Crippen LogP contribution in [0.2, 0.25) is 0 Å². The lowest BCUT2D eigenvalue weighted by Crippen LogP contribution is -2.51. The van der Waals surface area contributed by atoms with Crippen LogP contribution in [0.4, 0.5) is 10.6 Å². The molecule has 0 spiro atoms. The summed E-state index contributed by atoms with van der Waals surface area (Å²) in [6, 6.07) is 5.93. The second-order valence-electron chi connectivity index (χ2n) is 10.0. The van der Waals surface area contributed by atoms with Crippen LogP contribution in [-0.2, 0) is 4.74 Å². The van der Waals surface area contributed by atoms with Crippen LogP contribution in [0.5, 0.6) is 5.75 Å². The van der Waals surface area contributed by atoms with Gasteiger partial charge in [-0.25, -0.2) is 9.78 Å². The minimum absolute atomic E-state index is 0.00829. The zero-order valence-corrected chi connectivity index (χ0v) is 22.6. The number of nitrogens with one attached hydrogen (secondary N) is 3. The van der Waals surface area contributed by atoms with E-state index < -0.39 is 0 Å². The average Bonchev–Trinajstić information content (AvgIpc) is 3.24. The number of ether oxygens (including phenoxy) is 2. The summed E-state index contributed by atoms with van der Waals surface area (Å²) in [4.78, 5) is 16.9. The number of nitrogens with zero attached hydrogens (tertiary/aromatic N) is 4. The number of rotatable bonds is 13. The molecule has 0 saturated carbocycles. The number of carbonyl (C=O) groups excluding carboxylic acids is 1. The molecule has 3 N–H and O–H groups in total. The first kappa shape index (κ1) is 27.4. The summed E-state index contributed by atoms with van der Waals surface area (Å²) in [5.41, 5.74) is 2.48. The Morgan fingerprint density at radius 1 is 1.08 bits per heavy atom. The number of amides is 1. The van der Waals surface area contributed by atoms with Gasteiger partial charge in [0.2, 0.25) is 5.65 Å². The van der Waals surface area contributed by atoms with E-state index in [1.807, 2.05) is 43.4 Å². The predicted octanol–water partition coefficient (Wildman–Crippen LogP) is 4.17. The number of carbonyl (C=O) groups is 1. The molecule has 10 nitrogen and oxygen atoms in total. The molecule has 0 bridgehead atoms. The van der Waals surface area contributed by atoms with Gasteiger partial charge in [-0.15, -0.1) is 10.2 Å². The van der Waals surface area contributed by atoms with E-state index in [0.717, 1.165) is 48.5 Å². The summed E-state index contributed by atoms with van der Waals surface area (Å²) in [6.07, 6.45) is 1.58. The van der Waals surface area contributed by atoms with Gasteiger partial charge in [0.1, 0.15) is 11.6 Å². The average molecular weight is 500 g/mol. The molecule has 2 atom stereocenters. The molecule has 2 heterocycles. The van der Waals surface area contributed by atoms with Gasteiger partial charge in [-0.05, 0) is 57.2 Å². The Kier molecular flexibility index (Phi) is 9.69. The van der Waals surface area contributed by atoms with Crippen LogP contribution in [0.3, 0.4) is 0 Å². The molecule has 3 aromatic rings. The topological polar surface area (TPSA) is 115 Å². The predicted molar refractivity (Wildman–Crippen MR) is 143 cm³/mol. The first-order valence-electron chi connectivity index (χ1n) is 12.8. The van der Waals surface area contributed by atoms with Gasteiger partial charge in [0, 0.05) is 24.7 Å². The normalized spacial score (nSPS) is 13.4. The number of hydrogen-bond acceptors (Lipinski definition) is 8. The molecule has 2 aromatic heterocycles. The van der Waals surface area contributed by atoms with Gasteiger partial charge in [-0.2, -0.15) is 0 Å². The molecule has 36 heavy (non-hydrogen) atoms. The fraction of sp³-hybridized carbons (Fsp3) is 0.615. The van der Waals surface area contributed by atoms with Crippen molar-refractivity contribution in [1.82, 2.24) is 30.2 Å². The first-order valence-corrected chi connectivity index (χ1v) is 12.8. The summed E-state index contributed by atoms with van der Waals surface area (Å²) in [5.74, 6) is 2.88. The van der Waals surface area contributed by atoms with Crippen molar-refractivity contribution in [3.05, 3.63) is 24.0 Å². The number of hydrogen-bond donors (Lipinski definition) is 3. The number of fused-ring (bicyclic) bond motifs is 3. The van der Waals surface area contributed by atoms with E-state index in [0.29, 0.717) is 24.0 Å². The monoisotopic (exact) mass is 499 g/mol. The van der Waals surface area contributed by atoms with Gasteiger partial charge in [0.05, 0.1) is 24.8 Å². The third kappa shape index (κ3) is 6.96. The van der Waals surface area contributed by atoms with E-state index in [-0.39, 0.29) is 24.1 Å². The molecule has 0 radical (unpaired) electrons. The third-order valence-corrected chi connectivity index (χ3v) is 6.14. The second kappa shape index (κ2) is 12.7. The lowest BCUT2D eigenvalue weighted by atomic mass is 9.97. The van der Waals surface area contributed by atoms with Crippen LogP contribution in [0.1, 0.15) is 53.3 Å². The molecule has 198 valence electrons. The number of unbranched alkanes of at least 4 members (excludes halogenated alkanes) is 1. The quantitative estimate of drug-likeness (QED) is 0.300. The minimum Gasteiger partial charge on any atom is -0.497 e. The van der Waals surface area contributed by atoms with Crippen LogP contribution < -0.4 is 20.7 Å². The summed E-state index contributed by atoms with van der Waals surface area (Å²) in [7, 11) is 1.65. The SMILES string of the molecule is COc1ccc2c(c1)nc(NCCCCNC(C)[C@@H](NC(=O)OCC(C)C)C(C)C)c1nnc(C)n12. The third-order valence-electron chi connectivity index (χ3n) is 6.14. The lowest BCUT2D eigenvalue weighted by molar-refractivity contribution is 0.123. The summed E-state index contributed by atoms with van der Waals surface area (Å²) in [6.45, 7) is 14.3. The van der Waals surface area contributed by atoms with Gasteiger partial charge < -0.3 is 25.4 Å². The summed E-state index contributed by atoms with van der Waals surface area (Å²) in [5, 5.41) is 18.6. The largest absolute Gasteiger partial charge is 0.497 e. The number of aryl methyl sites for hydroxylation is 1. The first-order chi connectivity index (χ1) is 17.2. The minimum atomic E-state index is -0.351. The van der Waals surface area contributed by atoms with E-state index in [2.05, 4.69) is 46.9 Å². The molecule has 1 unspecified atom stereocenters. The van der Waals surface area contributed by atoms with E-state index in [4.69, 9.17) is 14.5 Å². The van der Waals surface area contributed by atoms with Crippen LogP contribution in [-0.4, -0.2) is 64.6 Å². The highest BCUT2D eigenvalue weighted by Gasteiger charge is 2.23. The number of alkyl carbamates (subject to hydrolysis) is 1. The molecule has 1 aromatic carbocycles. The maximum atomic E-state index is 12.1. The molecule has 10 heteroatoms. The fourth-order valence-corrected chi connectivity index (χ4v) is 4.20. The van der Waals surface area contributed by atoms with Crippen molar-refractivity contribution in [2.75, 3.05) is 32.1 Å². The Bertz CT molecular complexity index is 1150. The zero-order chi connectivity index (χ0) is 26.2. The van der Waals surface area contributed by atoms with Crippen molar-refractivity contribution >= 4 is 28.6 Å². The molecule has 0 aliphatic rings. The lowest BCUT2D eigenvalue weighted by Gasteiger charge is -2.29. The summed E-state index contributed by atoms with van der Waals surface area (Å²) >= 11 is 0. The molecule has 0 saturated heterocycles. The highest BCUT2D eigenvalue weighted by atomic mass is 16.5. The highest BCUT2D eigenvalue weighted by Crippen LogP contribution is 2.25. The molecule has 1 amide bonds. The van der Waals surface area contributed by atoms with Crippen molar-refractivity contribution in [2.24, 2.45) is 11.8 Å². The van der Waals surface area contributed by atoms with E-state index >= 15 is 0 Å². The van der Waals surface area contributed by atoms with Crippen molar-refractivity contribution in [3.8, 4) is 5.75 Å². The summed E-state index contributed by atoms with van der Waals surface area (Å²) < 4.78 is 12.7. The molecule has 3 rings (SSSR count). The maximum absolute atomic E-state index is 12.1. The number of methoxy groups -OCH3 is 1. The standard InChI is InChI=1S/C26H41N7O3/c1-16(2)15-36-26(34)30-23(17(3)4)18(5)27-12-8-9-13-28-24-25-32-31-19(6)33(25)22-11-10-20(35-7)14-21(22)29-24/h10-11,14,16-18,23,27H,8-9,12-13,15H2,1-7H3,(H,28,29)(H,30,34)/t18?,23-/m0/s1. The fourth-order valence-electron chi connectivity index (χ4n) is 4.20. The van der Waals surface area contributed by atoms with Crippen LogP contribution in [0.15, 0.2) is 18.2 Å². The Labute approximate surface area is 213 Å². The van der Waals surface area contributed by atoms with Gasteiger partial charge in [-0.1, -0.05) is 27.7 Å². The van der Waals surface area contributed by atoms with Crippen molar-refractivity contribution < 1.29 is 14.3 Å². The van der Waals surface area contributed by atoms with E-state index in [1.165, 1.54) is 0 Å². The van der Waals surface area contributed by atoms with Gasteiger partial charge >= 0.3 is 6.09 Å². The smallest absolute Gasteiger partial charge is 0.407 e. The van der Waals surface area contributed by atoms with E-state index in [1.54, 1.807) is 7.11 Å². The Balaban J connectivity index is 1.51. The number of anilines is 1. The van der Waals surface area contributed by atoms with Gasteiger partial charge in [0.25, 0.3) is 0 Å².